The van der Waals surface area contributed by atoms with E-state index in [1.807, 2.05) is 13.0 Å². The van der Waals surface area contributed by atoms with Gasteiger partial charge in [-0.3, -0.25) is 9.98 Å². The highest BCUT2D eigenvalue weighted by Gasteiger charge is 2.41. The van der Waals surface area contributed by atoms with E-state index in [1.54, 1.807) is 23.2 Å². The Morgan fingerprint density at radius 3 is 2.81 bits per heavy atom. The molecule has 142 valence electrons. The summed E-state index contributed by atoms with van der Waals surface area (Å²) in [5.74, 6) is -2.46. The van der Waals surface area contributed by atoms with E-state index in [4.69, 9.17) is 11.6 Å². The molecule has 2 aliphatic rings. The molecule has 1 aromatic heterocycles. The van der Waals surface area contributed by atoms with E-state index in [-0.39, 0.29) is 18.9 Å². The number of alkyl halides is 2. The second-order valence-electron chi connectivity index (χ2n) is 7.23. The molecule has 2 aliphatic heterocycles. The van der Waals surface area contributed by atoms with Gasteiger partial charge in [-0.1, -0.05) is 17.7 Å². The third-order valence-corrected chi connectivity index (χ3v) is 5.45. The van der Waals surface area contributed by atoms with Crippen LogP contribution in [0, 0.1) is 12.7 Å². The lowest BCUT2D eigenvalue weighted by atomic mass is 9.93. The molecule has 2 aromatic rings. The Bertz CT molecular complexity index is 893. The van der Waals surface area contributed by atoms with Gasteiger partial charge in [0.25, 0.3) is 5.92 Å². The van der Waals surface area contributed by atoms with Crippen LogP contribution in [0.5, 0.6) is 0 Å². The third-order valence-electron chi connectivity index (χ3n) is 5.13. The van der Waals surface area contributed by atoms with Crippen LogP contribution in [0.1, 0.15) is 30.0 Å². The van der Waals surface area contributed by atoms with Gasteiger partial charge in [-0.05, 0) is 30.7 Å². The molecule has 0 radical (unpaired) electrons. The zero-order valence-electron chi connectivity index (χ0n) is 14.9. The van der Waals surface area contributed by atoms with Gasteiger partial charge in [0.1, 0.15) is 5.82 Å². The molecule has 1 atom stereocenters. The first-order valence-electron chi connectivity index (χ1n) is 8.91. The van der Waals surface area contributed by atoms with E-state index >= 15 is 0 Å². The van der Waals surface area contributed by atoms with E-state index in [0.29, 0.717) is 47.2 Å². The molecule has 0 amide bonds. The van der Waals surface area contributed by atoms with Gasteiger partial charge in [0.2, 0.25) is 0 Å². The summed E-state index contributed by atoms with van der Waals surface area (Å²) in [5, 5.41) is 0.321. The number of halogens is 4. The summed E-state index contributed by atoms with van der Waals surface area (Å²) < 4.78 is 41.6. The Kier molecular flexibility index (Phi) is 4.62. The fourth-order valence-electron chi connectivity index (χ4n) is 3.79. The smallest absolute Gasteiger partial charge is 0.266 e. The lowest BCUT2D eigenvalue weighted by molar-refractivity contribution is 0.0174. The normalized spacial score (nSPS) is 21.6. The molecular formula is C20H19ClF3N3. The number of aryl methyl sites for hydroxylation is 1. The number of nitrogens with zero attached hydrogens (tertiary/aromatic N) is 3. The van der Waals surface area contributed by atoms with Crippen molar-refractivity contribution in [1.29, 1.82) is 0 Å². The highest BCUT2D eigenvalue weighted by molar-refractivity contribution is 6.33. The molecule has 1 unspecified atom stereocenters. The summed E-state index contributed by atoms with van der Waals surface area (Å²) in [4.78, 5) is 10.7. The molecule has 0 bridgehead atoms. The average Bonchev–Trinajstić information content (AvgIpc) is 3.21. The number of likely N-dealkylation sites (tertiary alicyclic amines) is 1. The molecule has 0 spiro atoms. The fraction of sp³-hybridized carbons (Fsp3) is 0.400. The average molecular weight is 394 g/mol. The number of pyridine rings is 1. The summed E-state index contributed by atoms with van der Waals surface area (Å²) in [6, 6.07) is 6.45. The highest BCUT2D eigenvalue weighted by atomic mass is 35.5. The quantitative estimate of drug-likeness (QED) is 0.712. The van der Waals surface area contributed by atoms with Crippen LogP contribution in [0.25, 0.3) is 11.1 Å². The topological polar surface area (TPSA) is 28.5 Å². The summed E-state index contributed by atoms with van der Waals surface area (Å²) in [7, 11) is 0. The minimum absolute atomic E-state index is 0.0829. The largest absolute Gasteiger partial charge is 0.354 e. The predicted molar refractivity (Wildman–Crippen MR) is 100 cm³/mol. The van der Waals surface area contributed by atoms with Crippen LogP contribution in [-0.2, 0) is 0 Å². The number of hydrogen-bond acceptors (Lipinski definition) is 3. The Labute approximate surface area is 160 Å². The summed E-state index contributed by atoms with van der Waals surface area (Å²) in [6.45, 7) is 2.36. The van der Waals surface area contributed by atoms with E-state index < -0.39 is 11.7 Å². The molecule has 1 aromatic carbocycles. The first-order chi connectivity index (χ1) is 12.8. The molecule has 0 N–H and O–H groups in total. The van der Waals surface area contributed by atoms with Gasteiger partial charge >= 0.3 is 0 Å². The second kappa shape index (κ2) is 6.82. The van der Waals surface area contributed by atoms with E-state index in [2.05, 4.69) is 9.98 Å². The highest BCUT2D eigenvalue weighted by Crippen LogP contribution is 2.39. The number of rotatable bonds is 2. The number of aromatic nitrogens is 1. The maximum atomic E-state index is 14.5. The lowest BCUT2D eigenvalue weighted by Gasteiger charge is -2.20. The summed E-state index contributed by atoms with van der Waals surface area (Å²) in [6.07, 6.45) is 2.11. The monoisotopic (exact) mass is 393 g/mol. The van der Waals surface area contributed by atoms with Crippen molar-refractivity contribution in [2.45, 2.75) is 31.6 Å². The van der Waals surface area contributed by atoms with Gasteiger partial charge < -0.3 is 4.90 Å². The molecule has 27 heavy (non-hydrogen) atoms. The van der Waals surface area contributed by atoms with Crippen LogP contribution in [0.4, 0.5) is 13.2 Å². The Morgan fingerprint density at radius 1 is 1.30 bits per heavy atom. The molecule has 0 saturated carbocycles. The first kappa shape index (κ1) is 18.3. The Balaban J connectivity index is 1.65. The second-order valence-corrected chi connectivity index (χ2v) is 7.63. The van der Waals surface area contributed by atoms with Crippen molar-refractivity contribution >= 4 is 17.4 Å². The van der Waals surface area contributed by atoms with Crippen molar-refractivity contribution in [2.75, 3.05) is 19.6 Å². The lowest BCUT2D eigenvalue weighted by Crippen LogP contribution is -2.30. The van der Waals surface area contributed by atoms with Crippen molar-refractivity contribution < 1.29 is 13.2 Å². The summed E-state index contributed by atoms with van der Waals surface area (Å²) in [5.41, 5.74) is 2.57. The number of hydrogen-bond donors (Lipinski definition) is 0. The molecule has 3 nitrogen and oxygen atoms in total. The van der Waals surface area contributed by atoms with E-state index in [1.165, 1.54) is 6.07 Å². The zero-order valence-corrected chi connectivity index (χ0v) is 15.6. The van der Waals surface area contributed by atoms with Crippen LogP contribution in [0.15, 0.2) is 35.5 Å². The van der Waals surface area contributed by atoms with Crippen LogP contribution < -0.4 is 0 Å². The Hall–Kier alpha value is -2.08. The standard InChI is InChI=1S/C20H19ClF3N3/c1-12-7-14(18-15(21)3-2-4-16(18)22)19(26-9-12)13-8-17(25-10-13)27-6-5-20(23,24)11-27/h2-4,7,9,13H,5-6,8,10-11H2,1H3. The van der Waals surface area contributed by atoms with Crippen LogP contribution in [-0.4, -0.2) is 41.3 Å². The van der Waals surface area contributed by atoms with E-state index in [9.17, 15) is 13.2 Å². The van der Waals surface area contributed by atoms with E-state index in [0.717, 1.165) is 5.56 Å². The van der Waals surface area contributed by atoms with Crippen molar-refractivity contribution in [3.8, 4) is 11.1 Å². The van der Waals surface area contributed by atoms with Crippen LogP contribution in [0.2, 0.25) is 5.02 Å². The summed E-state index contributed by atoms with van der Waals surface area (Å²) >= 11 is 6.27. The maximum absolute atomic E-state index is 14.5. The van der Waals surface area contributed by atoms with Gasteiger partial charge in [0, 0.05) is 49.2 Å². The van der Waals surface area contributed by atoms with Gasteiger partial charge in [-0.15, -0.1) is 0 Å². The van der Waals surface area contributed by atoms with Gasteiger partial charge in [0.05, 0.1) is 23.1 Å². The number of benzene rings is 1. The molecule has 4 rings (SSSR count). The predicted octanol–water partition coefficient (Wildman–Crippen LogP) is 5.08. The number of aliphatic imine (C=N–C) groups is 1. The molecule has 0 aliphatic carbocycles. The molecule has 7 heteroatoms. The zero-order chi connectivity index (χ0) is 19.2. The molecule has 3 heterocycles. The number of amidine groups is 1. The third kappa shape index (κ3) is 3.55. The Morgan fingerprint density at radius 2 is 2.11 bits per heavy atom. The van der Waals surface area contributed by atoms with Crippen molar-refractivity contribution in [3.63, 3.8) is 0 Å². The van der Waals surface area contributed by atoms with Crippen LogP contribution >= 0.6 is 11.6 Å². The molecule has 1 fully saturated rings. The molecule has 1 saturated heterocycles. The minimum Gasteiger partial charge on any atom is -0.354 e. The van der Waals surface area contributed by atoms with Crippen LogP contribution in [0.3, 0.4) is 0 Å². The molecular weight excluding hydrogens is 375 g/mol. The van der Waals surface area contributed by atoms with Gasteiger partial charge in [0.15, 0.2) is 0 Å². The maximum Gasteiger partial charge on any atom is 0.266 e. The van der Waals surface area contributed by atoms with Gasteiger partial charge in [-0.2, -0.15) is 0 Å². The SMILES string of the molecule is Cc1cnc(C2CN=C(N3CCC(F)(F)C3)C2)c(-c2c(F)cccc2Cl)c1. The van der Waals surface area contributed by atoms with Gasteiger partial charge in [-0.25, -0.2) is 13.2 Å². The minimum atomic E-state index is -2.66. The van der Waals surface area contributed by atoms with Crippen molar-refractivity contribution in [1.82, 2.24) is 9.88 Å². The van der Waals surface area contributed by atoms with Crippen molar-refractivity contribution in [2.24, 2.45) is 4.99 Å². The first-order valence-corrected chi connectivity index (χ1v) is 9.29. The fourth-order valence-corrected chi connectivity index (χ4v) is 4.06. The van der Waals surface area contributed by atoms with Crippen molar-refractivity contribution in [3.05, 3.63) is 52.6 Å².